The molecule has 11 nitrogen and oxygen atoms in total. The molecule has 0 aliphatic carbocycles. The summed E-state index contributed by atoms with van der Waals surface area (Å²) >= 11 is 0. The largest absolute Gasteiger partial charge is 0.477 e. The molecule has 2 aromatic heterocycles. The predicted octanol–water partition coefficient (Wildman–Crippen LogP) is 7.03. The second-order valence-electron chi connectivity index (χ2n) is 12.2. The number of unbranched alkanes of at least 4 members (excludes halogenated alkanes) is 10. The van der Waals surface area contributed by atoms with Gasteiger partial charge < -0.3 is 24.3 Å². The lowest BCUT2D eigenvalue weighted by Crippen LogP contribution is -2.32. The maximum absolute atomic E-state index is 13.4. The average molecular weight is 615 g/mol. The minimum Gasteiger partial charge on any atom is -0.477 e. The van der Waals surface area contributed by atoms with Gasteiger partial charge in [0, 0.05) is 37.9 Å². The number of aromatic nitrogens is 2. The van der Waals surface area contributed by atoms with Gasteiger partial charge in [-0.25, -0.2) is 9.59 Å². The van der Waals surface area contributed by atoms with Crippen molar-refractivity contribution in [3.8, 4) is 0 Å². The lowest BCUT2D eigenvalue weighted by molar-refractivity contribution is 0.0633. The number of carbonyl (C=O) groups excluding carboxylic acids is 2. The van der Waals surface area contributed by atoms with E-state index in [4.69, 9.17) is 4.74 Å². The molecule has 44 heavy (non-hydrogen) atoms. The summed E-state index contributed by atoms with van der Waals surface area (Å²) in [6, 6.07) is 0. The van der Waals surface area contributed by atoms with Crippen LogP contribution in [0.1, 0.15) is 132 Å². The van der Waals surface area contributed by atoms with Gasteiger partial charge in [-0.1, -0.05) is 78.1 Å². The molecule has 0 atom stereocenters. The third-order valence-corrected chi connectivity index (χ3v) is 7.06. The number of nitrogens with zero attached hydrogens (tertiary/aromatic N) is 2. The standard InChI is InChI=1S/C33H50N4O7/c1-6-8-10-12-14-16-18-36-20-24(28(38)27(23-36)35-32(43)44-33(3,4)5)30(40)34-26-22-37(19-17-15-13-11-9-7-2)21-25(29(26)39)31(41)42/h20-23H,6-19H2,1-5H3,(H,34,40)(H,35,43)(H,41,42). The van der Waals surface area contributed by atoms with Gasteiger partial charge in [0.1, 0.15) is 28.1 Å². The number of pyridine rings is 2. The lowest BCUT2D eigenvalue weighted by atomic mass is 10.1. The van der Waals surface area contributed by atoms with Gasteiger partial charge in [0.15, 0.2) is 0 Å². The van der Waals surface area contributed by atoms with Crippen LogP contribution in [0, 0.1) is 0 Å². The Bertz CT molecular complexity index is 1370. The summed E-state index contributed by atoms with van der Waals surface area (Å²) in [7, 11) is 0. The third kappa shape index (κ3) is 12.4. The maximum atomic E-state index is 13.4. The fourth-order valence-corrected chi connectivity index (χ4v) is 4.77. The Morgan fingerprint density at radius 3 is 1.59 bits per heavy atom. The highest BCUT2D eigenvalue weighted by atomic mass is 16.6. The van der Waals surface area contributed by atoms with Crippen molar-refractivity contribution in [3.63, 3.8) is 0 Å². The second-order valence-corrected chi connectivity index (χ2v) is 12.2. The minimum atomic E-state index is -1.41. The van der Waals surface area contributed by atoms with E-state index in [2.05, 4.69) is 24.5 Å². The van der Waals surface area contributed by atoms with Crippen molar-refractivity contribution in [1.29, 1.82) is 0 Å². The van der Waals surface area contributed by atoms with Crippen molar-refractivity contribution in [2.45, 2.75) is 130 Å². The molecular weight excluding hydrogens is 564 g/mol. The number of nitrogens with one attached hydrogen (secondary N) is 2. The Labute approximate surface area is 260 Å². The van der Waals surface area contributed by atoms with Crippen LogP contribution in [0.2, 0.25) is 0 Å². The summed E-state index contributed by atoms with van der Waals surface area (Å²) in [5, 5.41) is 14.6. The van der Waals surface area contributed by atoms with Crippen molar-refractivity contribution in [2.24, 2.45) is 0 Å². The van der Waals surface area contributed by atoms with Crippen LogP contribution in [0.4, 0.5) is 16.2 Å². The smallest absolute Gasteiger partial charge is 0.412 e. The van der Waals surface area contributed by atoms with E-state index in [0.717, 1.165) is 77.0 Å². The molecule has 0 aliphatic heterocycles. The van der Waals surface area contributed by atoms with Crippen LogP contribution in [0.15, 0.2) is 34.4 Å². The van der Waals surface area contributed by atoms with Crippen molar-refractivity contribution in [2.75, 3.05) is 10.6 Å². The zero-order valence-electron chi connectivity index (χ0n) is 27.0. The number of aromatic carboxylic acids is 1. The summed E-state index contributed by atoms with van der Waals surface area (Å²) in [5.41, 5.74) is -3.58. The van der Waals surface area contributed by atoms with E-state index in [1.54, 1.807) is 29.9 Å². The summed E-state index contributed by atoms with van der Waals surface area (Å²) in [6.07, 6.45) is 17.1. The highest BCUT2D eigenvalue weighted by Crippen LogP contribution is 2.14. The summed E-state index contributed by atoms with van der Waals surface area (Å²) in [5.74, 6) is -2.29. The molecule has 2 rings (SSSR count). The van der Waals surface area contributed by atoms with E-state index >= 15 is 0 Å². The van der Waals surface area contributed by atoms with Gasteiger partial charge in [0.2, 0.25) is 10.9 Å². The maximum Gasteiger partial charge on any atom is 0.412 e. The van der Waals surface area contributed by atoms with Gasteiger partial charge in [-0.05, 0) is 33.6 Å². The van der Waals surface area contributed by atoms with Gasteiger partial charge in [-0.15, -0.1) is 0 Å². The first-order chi connectivity index (χ1) is 20.9. The fourth-order valence-electron chi connectivity index (χ4n) is 4.77. The molecule has 0 bridgehead atoms. The molecule has 0 saturated heterocycles. The minimum absolute atomic E-state index is 0.141. The SMILES string of the molecule is CCCCCCCCn1cc(NC(=O)c2cn(CCCCCCCC)cc(NC(=O)OC(C)(C)C)c2=O)c(=O)c(C(=O)O)c1. The number of carboxylic acid groups (broad SMARTS) is 1. The molecule has 244 valence electrons. The molecule has 3 N–H and O–H groups in total. The number of carboxylic acids is 1. The number of hydrogen-bond donors (Lipinski definition) is 3. The first-order valence-electron chi connectivity index (χ1n) is 15.9. The zero-order chi connectivity index (χ0) is 32.7. The number of amides is 2. The quantitative estimate of drug-likeness (QED) is 0.153. The molecule has 0 spiro atoms. The molecule has 0 radical (unpaired) electrons. The summed E-state index contributed by atoms with van der Waals surface area (Å²) in [6.45, 7) is 10.3. The van der Waals surface area contributed by atoms with Gasteiger partial charge >= 0.3 is 12.1 Å². The van der Waals surface area contributed by atoms with E-state index in [9.17, 15) is 29.1 Å². The molecule has 0 aromatic carbocycles. The van der Waals surface area contributed by atoms with Crippen LogP contribution < -0.4 is 21.5 Å². The Balaban J connectivity index is 2.35. The van der Waals surface area contributed by atoms with Crippen LogP contribution in [-0.4, -0.2) is 37.8 Å². The van der Waals surface area contributed by atoms with E-state index in [0.29, 0.717) is 13.1 Å². The number of anilines is 2. The average Bonchev–Trinajstić information content (AvgIpc) is 2.94. The normalized spacial score (nSPS) is 11.3. The van der Waals surface area contributed by atoms with Gasteiger partial charge in [0.05, 0.1) is 0 Å². The summed E-state index contributed by atoms with van der Waals surface area (Å²) in [4.78, 5) is 64.1. The van der Waals surface area contributed by atoms with Crippen molar-refractivity contribution in [1.82, 2.24) is 9.13 Å². The van der Waals surface area contributed by atoms with Crippen molar-refractivity contribution >= 4 is 29.3 Å². The molecule has 0 unspecified atom stereocenters. The molecule has 2 aromatic rings. The molecule has 11 heteroatoms. The highest BCUT2D eigenvalue weighted by Gasteiger charge is 2.22. The van der Waals surface area contributed by atoms with E-state index in [-0.39, 0.29) is 16.9 Å². The third-order valence-electron chi connectivity index (χ3n) is 7.06. The van der Waals surface area contributed by atoms with Crippen LogP contribution in [-0.2, 0) is 17.8 Å². The predicted molar refractivity (Wildman–Crippen MR) is 173 cm³/mol. The van der Waals surface area contributed by atoms with Gasteiger partial charge in [-0.3, -0.25) is 19.7 Å². The van der Waals surface area contributed by atoms with E-state index in [1.165, 1.54) is 24.8 Å². The number of ether oxygens (including phenoxy) is 1. The molecule has 0 saturated carbocycles. The van der Waals surface area contributed by atoms with Gasteiger partial charge in [0.25, 0.3) is 5.91 Å². The molecule has 0 fully saturated rings. The van der Waals surface area contributed by atoms with E-state index < -0.39 is 40.0 Å². The Morgan fingerprint density at radius 2 is 1.11 bits per heavy atom. The Morgan fingerprint density at radius 1 is 0.682 bits per heavy atom. The number of carbonyl (C=O) groups is 3. The number of hydrogen-bond acceptors (Lipinski definition) is 6. The first-order valence-corrected chi connectivity index (χ1v) is 15.9. The Hall–Kier alpha value is -3.89. The first kappa shape index (κ1) is 36.3. The molecule has 2 heterocycles. The topological polar surface area (TPSA) is 149 Å². The molecule has 2 amide bonds. The number of rotatable bonds is 18. The monoisotopic (exact) mass is 614 g/mol. The van der Waals surface area contributed by atoms with Crippen LogP contribution in [0.5, 0.6) is 0 Å². The van der Waals surface area contributed by atoms with E-state index in [1.807, 2.05) is 0 Å². The van der Waals surface area contributed by atoms with Crippen LogP contribution >= 0.6 is 0 Å². The fraction of sp³-hybridized carbons (Fsp3) is 0.606. The lowest BCUT2D eigenvalue weighted by Gasteiger charge is -2.20. The van der Waals surface area contributed by atoms with Crippen LogP contribution in [0.25, 0.3) is 0 Å². The molecule has 0 aliphatic rings. The van der Waals surface area contributed by atoms with Crippen molar-refractivity contribution in [3.05, 3.63) is 56.4 Å². The second kappa shape index (κ2) is 18.0. The van der Waals surface area contributed by atoms with Crippen LogP contribution in [0.3, 0.4) is 0 Å². The van der Waals surface area contributed by atoms with Gasteiger partial charge in [-0.2, -0.15) is 0 Å². The van der Waals surface area contributed by atoms with Crippen molar-refractivity contribution < 1.29 is 24.2 Å². The number of aryl methyl sites for hydroxylation is 2. The molecular formula is C33H50N4O7. The Kier molecular flexibility index (Phi) is 14.9. The zero-order valence-corrected chi connectivity index (χ0v) is 27.0. The summed E-state index contributed by atoms with van der Waals surface area (Å²) < 4.78 is 8.54. The highest BCUT2D eigenvalue weighted by molar-refractivity contribution is 6.05.